The van der Waals surface area contributed by atoms with Crippen molar-refractivity contribution in [2.75, 3.05) is 0 Å². The van der Waals surface area contributed by atoms with Gasteiger partial charge in [0, 0.05) is 11.1 Å². The van der Waals surface area contributed by atoms with Gasteiger partial charge in [-0.1, -0.05) is 6.07 Å². The van der Waals surface area contributed by atoms with Gasteiger partial charge in [-0.3, -0.25) is 0 Å². The predicted octanol–water partition coefficient (Wildman–Crippen LogP) is 4.70. The van der Waals surface area contributed by atoms with Crippen molar-refractivity contribution < 1.29 is 13.2 Å². The highest BCUT2D eigenvalue weighted by atomic mass is 19.1. The summed E-state index contributed by atoms with van der Waals surface area (Å²) in [5.74, 6) is -1.61. The number of rotatable bonds is 1. The Morgan fingerprint density at radius 3 is 2.06 bits per heavy atom. The number of aryl methyl sites for hydroxylation is 1. The molecule has 0 aromatic heterocycles. The van der Waals surface area contributed by atoms with Crippen LogP contribution in [0.1, 0.15) is 16.7 Å². The van der Waals surface area contributed by atoms with Crippen LogP contribution < -0.4 is 0 Å². The molecule has 0 bridgehead atoms. The topological polar surface area (TPSA) is 0 Å². The molecule has 18 heavy (non-hydrogen) atoms. The molecule has 0 radical (unpaired) electrons. The zero-order chi connectivity index (χ0) is 13.4. The summed E-state index contributed by atoms with van der Waals surface area (Å²) < 4.78 is 40.9. The van der Waals surface area contributed by atoms with E-state index in [4.69, 9.17) is 0 Å². The van der Waals surface area contributed by atoms with Gasteiger partial charge in [-0.15, -0.1) is 0 Å². The van der Waals surface area contributed by atoms with Gasteiger partial charge in [0.15, 0.2) is 0 Å². The molecular formula is C15H13F3. The van der Waals surface area contributed by atoms with Gasteiger partial charge in [0.2, 0.25) is 0 Å². The minimum absolute atomic E-state index is 0.0474. The van der Waals surface area contributed by atoms with Crippen molar-refractivity contribution in [1.82, 2.24) is 0 Å². The number of halogens is 3. The number of hydrogen-bond donors (Lipinski definition) is 0. The van der Waals surface area contributed by atoms with Crippen LogP contribution in [0, 0.1) is 38.2 Å². The highest BCUT2D eigenvalue weighted by molar-refractivity contribution is 5.69. The molecule has 0 atom stereocenters. The maximum atomic E-state index is 14.0. The van der Waals surface area contributed by atoms with E-state index in [1.165, 1.54) is 25.1 Å². The molecule has 0 nitrogen and oxygen atoms in total. The summed E-state index contributed by atoms with van der Waals surface area (Å²) in [5.41, 5.74) is 1.72. The molecule has 0 spiro atoms. The fourth-order valence-electron chi connectivity index (χ4n) is 1.96. The highest BCUT2D eigenvalue weighted by Gasteiger charge is 2.15. The molecule has 0 heterocycles. The van der Waals surface area contributed by atoms with Crippen molar-refractivity contribution in [3.05, 3.63) is 58.4 Å². The Bertz CT molecular complexity index is 616. The largest absolute Gasteiger partial charge is 0.207 e. The van der Waals surface area contributed by atoms with Crippen molar-refractivity contribution in [2.45, 2.75) is 20.8 Å². The number of hydrogen-bond acceptors (Lipinski definition) is 0. The maximum Gasteiger partial charge on any atom is 0.136 e. The molecule has 0 fully saturated rings. The lowest BCUT2D eigenvalue weighted by Gasteiger charge is -2.11. The standard InChI is InChI=1S/C15H13F3/c1-8-6-12(9(2)14(17)7-8)11-4-5-13(16)10(3)15(11)18/h4-7H,1-3H3. The van der Waals surface area contributed by atoms with Crippen molar-refractivity contribution in [2.24, 2.45) is 0 Å². The minimum Gasteiger partial charge on any atom is -0.207 e. The summed E-state index contributed by atoms with van der Waals surface area (Å²) in [6.07, 6.45) is 0. The van der Waals surface area contributed by atoms with Crippen LogP contribution in [0.2, 0.25) is 0 Å². The van der Waals surface area contributed by atoms with E-state index < -0.39 is 11.6 Å². The molecular weight excluding hydrogens is 237 g/mol. The molecule has 0 saturated carbocycles. The van der Waals surface area contributed by atoms with Gasteiger partial charge in [-0.25, -0.2) is 13.2 Å². The Morgan fingerprint density at radius 2 is 1.39 bits per heavy atom. The Morgan fingerprint density at radius 1 is 0.722 bits per heavy atom. The first kappa shape index (κ1) is 12.7. The van der Waals surface area contributed by atoms with E-state index in [0.29, 0.717) is 16.7 Å². The van der Waals surface area contributed by atoms with E-state index in [1.54, 1.807) is 19.9 Å². The highest BCUT2D eigenvalue weighted by Crippen LogP contribution is 2.30. The van der Waals surface area contributed by atoms with Gasteiger partial charge in [0.05, 0.1) is 0 Å². The molecule has 94 valence electrons. The van der Waals surface area contributed by atoms with E-state index in [9.17, 15) is 13.2 Å². The van der Waals surface area contributed by atoms with Crippen LogP contribution in [0.4, 0.5) is 13.2 Å². The van der Waals surface area contributed by atoms with E-state index in [-0.39, 0.29) is 16.9 Å². The molecule has 2 aromatic carbocycles. The van der Waals surface area contributed by atoms with Crippen molar-refractivity contribution in [1.29, 1.82) is 0 Å². The van der Waals surface area contributed by atoms with Crippen molar-refractivity contribution >= 4 is 0 Å². The molecule has 0 aliphatic carbocycles. The lowest BCUT2D eigenvalue weighted by atomic mass is 9.96. The summed E-state index contributed by atoms with van der Waals surface area (Å²) in [5, 5.41) is 0. The summed E-state index contributed by atoms with van der Waals surface area (Å²) in [6, 6.07) is 5.65. The molecule has 0 aliphatic heterocycles. The molecule has 0 saturated heterocycles. The molecule has 3 heteroatoms. The smallest absolute Gasteiger partial charge is 0.136 e. The van der Waals surface area contributed by atoms with Gasteiger partial charge in [-0.2, -0.15) is 0 Å². The SMILES string of the molecule is Cc1cc(F)c(C)c(-c2ccc(F)c(C)c2F)c1. The Balaban J connectivity index is 2.74. The normalized spacial score (nSPS) is 10.8. The summed E-state index contributed by atoms with van der Waals surface area (Å²) in [7, 11) is 0. The molecule has 0 N–H and O–H groups in total. The van der Waals surface area contributed by atoms with Crippen molar-refractivity contribution in [3.63, 3.8) is 0 Å². The second kappa shape index (κ2) is 4.48. The zero-order valence-electron chi connectivity index (χ0n) is 10.4. The summed E-state index contributed by atoms with van der Waals surface area (Å²) >= 11 is 0. The third kappa shape index (κ3) is 2.01. The molecule has 0 unspecified atom stereocenters. The third-order valence-corrected chi connectivity index (χ3v) is 3.10. The average Bonchev–Trinajstić information content (AvgIpc) is 2.31. The van der Waals surface area contributed by atoms with Gasteiger partial charge >= 0.3 is 0 Å². The van der Waals surface area contributed by atoms with Crippen LogP contribution in [0.25, 0.3) is 11.1 Å². The van der Waals surface area contributed by atoms with Crippen molar-refractivity contribution in [3.8, 4) is 11.1 Å². The monoisotopic (exact) mass is 250 g/mol. The van der Waals surface area contributed by atoms with Crippen LogP contribution in [0.3, 0.4) is 0 Å². The summed E-state index contributed by atoms with van der Waals surface area (Å²) in [6.45, 7) is 4.69. The van der Waals surface area contributed by atoms with E-state index in [0.717, 1.165) is 0 Å². The van der Waals surface area contributed by atoms with Gasteiger partial charge < -0.3 is 0 Å². The zero-order valence-corrected chi connectivity index (χ0v) is 10.4. The molecule has 0 aliphatic rings. The third-order valence-electron chi connectivity index (χ3n) is 3.10. The average molecular weight is 250 g/mol. The first-order valence-electron chi connectivity index (χ1n) is 5.63. The van der Waals surface area contributed by atoms with Gasteiger partial charge in [0.1, 0.15) is 17.5 Å². The van der Waals surface area contributed by atoms with Crippen LogP contribution in [-0.2, 0) is 0 Å². The fraction of sp³-hybridized carbons (Fsp3) is 0.200. The van der Waals surface area contributed by atoms with Crippen LogP contribution in [0.5, 0.6) is 0 Å². The second-order valence-electron chi connectivity index (χ2n) is 4.45. The Hall–Kier alpha value is -1.77. The minimum atomic E-state index is -0.636. The predicted molar refractivity (Wildman–Crippen MR) is 66.0 cm³/mol. The van der Waals surface area contributed by atoms with E-state index in [2.05, 4.69) is 0 Å². The Kier molecular flexibility index (Phi) is 3.16. The van der Waals surface area contributed by atoms with Gasteiger partial charge in [-0.05, 0) is 55.7 Å². The molecule has 2 aromatic rings. The fourth-order valence-corrected chi connectivity index (χ4v) is 1.96. The van der Waals surface area contributed by atoms with Crippen LogP contribution >= 0.6 is 0 Å². The first-order valence-corrected chi connectivity index (χ1v) is 5.63. The van der Waals surface area contributed by atoms with Crippen LogP contribution in [0.15, 0.2) is 24.3 Å². The molecule has 0 amide bonds. The summed E-state index contributed by atoms with van der Waals surface area (Å²) in [4.78, 5) is 0. The lowest BCUT2D eigenvalue weighted by Crippen LogP contribution is -1.96. The first-order chi connectivity index (χ1) is 8.41. The second-order valence-corrected chi connectivity index (χ2v) is 4.45. The lowest BCUT2D eigenvalue weighted by molar-refractivity contribution is 0.570. The molecule has 2 rings (SSSR count). The van der Waals surface area contributed by atoms with Gasteiger partial charge in [0.25, 0.3) is 0 Å². The van der Waals surface area contributed by atoms with E-state index in [1.807, 2.05) is 0 Å². The number of benzene rings is 2. The Labute approximate surface area is 104 Å². The maximum absolute atomic E-state index is 14.0. The van der Waals surface area contributed by atoms with E-state index >= 15 is 0 Å². The quantitative estimate of drug-likeness (QED) is 0.688. The van der Waals surface area contributed by atoms with Crippen LogP contribution in [-0.4, -0.2) is 0 Å².